The predicted molar refractivity (Wildman–Crippen MR) is 54.6 cm³/mol. The van der Waals surface area contributed by atoms with Crippen LogP contribution in [0.4, 0.5) is 0 Å². The molecule has 0 fully saturated rings. The van der Waals surface area contributed by atoms with Gasteiger partial charge in [-0.25, -0.2) is 8.42 Å². The van der Waals surface area contributed by atoms with Gasteiger partial charge in [0.15, 0.2) is 0 Å². The van der Waals surface area contributed by atoms with Crippen molar-refractivity contribution in [3.05, 3.63) is 29.8 Å². The minimum atomic E-state index is -3.34. The van der Waals surface area contributed by atoms with Crippen molar-refractivity contribution >= 4 is 32.9 Å². The number of rotatable bonds is 1. The van der Waals surface area contributed by atoms with Crippen LogP contribution in [-0.2, 0) is 8.87 Å². The minimum Gasteiger partial charge on any atom is -0.212 e. The smallest absolute Gasteiger partial charge is 0.212 e. The molecule has 2 nitrogen and oxygen atoms in total. The average Bonchev–Trinajstić information content (AvgIpc) is 1.86. The lowest BCUT2D eigenvalue weighted by Gasteiger charge is -1.99. The maximum atomic E-state index is 10.9. The molecule has 0 unspecified atom stereocenters. The lowest BCUT2D eigenvalue weighted by molar-refractivity contribution is 0.610. The van der Waals surface area contributed by atoms with Gasteiger partial charge in [0.05, 0.1) is 4.90 Å². The lowest BCUT2D eigenvalue weighted by atomic mass is 10.2. The van der Waals surface area contributed by atoms with Crippen LogP contribution in [0.5, 0.6) is 0 Å². The third-order valence-corrected chi connectivity index (χ3v) is 2.98. The molecule has 1 aromatic rings. The van der Waals surface area contributed by atoms with Crippen LogP contribution in [0.2, 0.25) is 0 Å². The number of hydrogen-bond donors (Lipinski definition) is 1. The summed E-state index contributed by atoms with van der Waals surface area (Å²) in [4.78, 5) is 0.281. The van der Waals surface area contributed by atoms with Crippen LogP contribution < -0.4 is 0 Å². The summed E-state index contributed by atoms with van der Waals surface area (Å²) in [6.45, 7) is 1.74. The summed E-state index contributed by atoms with van der Waals surface area (Å²) in [6.07, 6.45) is 0. The van der Waals surface area contributed by atoms with Crippen molar-refractivity contribution in [3.8, 4) is 0 Å². The Hall–Kier alpha value is -0.190. The van der Waals surface area contributed by atoms with Crippen molar-refractivity contribution in [2.75, 3.05) is 0 Å². The molecule has 0 radical (unpaired) electrons. The number of aryl methyl sites for hydroxylation is 1. The highest BCUT2D eigenvalue weighted by atomic mass is 35.5. The van der Waals surface area contributed by atoms with Gasteiger partial charge in [0, 0.05) is 0 Å². The van der Waals surface area contributed by atoms with Crippen molar-refractivity contribution in [2.45, 2.75) is 11.8 Å². The van der Waals surface area contributed by atoms with E-state index in [1.165, 1.54) is 6.07 Å². The first kappa shape index (κ1) is 11.8. The molecular formula is C7H9ClO2S2. The summed E-state index contributed by atoms with van der Waals surface area (Å²) in [7, 11) is -3.34. The lowest BCUT2D eigenvalue weighted by Crippen LogP contribution is -1.92. The summed E-state index contributed by atoms with van der Waals surface area (Å²) in [5.74, 6) is 0. The fourth-order valence-corrected chi connectivity index (χ4v) is 2.19. The third kappa shape index (κ3) is 2.69. The van der Waals surface area contributed by atoms with Gasteiger partial charge >= 0.3 is 0 Å². The zero-order chi connectivity index (χ0) is 8.48. The molecule has 0 amide bonds. The summed E-state index contributed by atoms with van der Waals surface area (Å²) >= 11 is 3.49. The Labute approximate surface area is 83.1 Å². The third-order valence-electron chi connectivity index (χ3n) is 1.37. The number of benzene rings is 1. The van der Waals surface area contributed by atoms with E-state index in [4.69, 9.17) is 0 Å². The van der Waals surface area contributed by atoms with E-state index in [9.17, 15) is 8.42 Å². The molecule has 1 rings (SSSR count). The molecule has 0 saturated heterocycles. The Bertz CT molecular complexity index is 359. The molecule has 0 aliphatic heterocycles. The molecule has 0 bridgehead atoms. The van der Waals surface area contributed by atoms with Crippen LogP contribution in [0.25, 0.3) is 0 Å². The van der Waals surface area contributed by atoms with E-state index < -0.39 is 8.87 Å². The largest absolute Gasteiger partial charge is 0.227 e. The topological polar surface area (TPSA) is 34.1 Å². The van der Waals surface area contributed by atoms with E-state index >= 15 is 0 Å². The molecule has 0 N–H and O–H groups in total. The van der Waals surface area contributed by atoms with Crippen LogP contribution in [-0.4, -0.2) is 8.42 Å². The fraction of sp³-hybridized carbons (Fsp3) is 0.143. The van der Waals surface area contributed by atoms with Crippen molar-refractivity contribution in [2.24, 2.45) is 0 Å². The highest BCUT2D eigenvalue weighted by Gasteiger charge is 2.09. The second-order valence-corrected chi connectivity index (χ2v) is 5.07. The number of hydrogen-bond acceptors (Lipinski definition) is 2. The molecule has 0 aliphatic carbocycles. The minimum absolute atomic E-state index is 0. The Balaban J connectivity index is 0.00000121. The molecule has 0 aliphatic rings. The van der Waals surface area contributed by atoms with Crippen molar-refractivity contribution < 1.29 is 8.42 Å². The maximum absolute atomic E-state index is 10.9. The summed E-state index contributed by atoms with van der Waals surface area (Å²) in [5.41, 5.74) is 0.725. The van der Waals surface area contributed by atoms with Gasteiger partial charge < -0.3 is 0 Å². The SMILES string of the molecule is Cc1ccccc1S(=O)(=O)S.Cl. The predicted octanol–water partition coefficient (Wildman–Crippen LogP) is 2.04. The number of thiol groups is 1. The normalized spacial score (nSPS) is 10.5. The van der Waals surface area contributed by atoms with Crippen LogP contribution in [0.1, 0.15) is 5.56 Å². The van der Waals surface area contributed by atoms with Gasteiger partial charge in [-0.15, -0.1) is 12.4 Å². The van der Waals surface area contributed by atoms with Crippen LogP contribution in [0.3, 0.4) is 0 Å². The van der Waals surface area contributed by atoms with Crippen molar-refractivity contribution in [1.29, 1.82) is 0 Å². The van der Waals surface area contributed by atoms with Crippen LogP contribution >= 0.6 is 24.1 Å². The molecule has 68 valence electrons. The van der Waals surface area contributed by atoms with Gasteiger partial charge in [-0.2, -0.15) is 0 Å². The van der Waals surface area contributed by atoms with Crippen LogP contribution in [0, 0.1) is 6.92 Å². The first-order chi connectivity index (χ1) is 5.02. The summed E-state index contributed by atoms with van der Waals surface area (Å²) in [6, 6.07) is 6.74. The molecule has 0 spiro atoms. The highest BCUT2D eigenvalue weighted by Crippen LogP contribution is 2.17. The van der Waals surface area contributed by atoms with Gasteiger partial charge in [-0.1, -0.05) is 18.2 Å². The van der Waals surface area contributed by atoms with E-state index in [0.29, 0.717) is 0 Å². The van der Waals surface area contributed by atoms with Gasteiger partial charge in [0.25, 0.3) is 0 Å². The molecule has 0 aromatic heterocycles. The van der Waals surface area contributed by atoms with Gasteiger partial charge in [-0.3, -0.25) is 0 Å². The second kappa shape index (κ2) is 4.16. The van der Waals surface area contributed by atoms with Gasteiger partial charge in [0.2, 0.25) is 8.87 Å². The molecule has 0 atom stereocenters. The van der Waals surface area contributed by atoms with E-state index in [2.05, 4.69) is 11.7 Å². The molecule has 0 saturated carbocycles. The zero-order valence-corrected chi connectivity index (χ0v) is 8.92. The monoisotopic (exact) mass is 224 g/mol. The average molecular weight is 225 g/mol. The molecule has 12 heavy (non-hydrogen) atoms. The first-order valence-electron chi connectivity index (χ1n) is 3.05. The Morgan fingerprint density at radius 2 is 1.75 bits per heavy atom. The quantitative estimate of drug-likeness (QED) is 0.585. The van der Waals surface area contributed by atoms with E-state index in [1.54, 1.807) is 25.1 Å². The second-order valence-electron chi connectivity index (χ2n) is 2.24. The maximum Gasteiger partial charge on any atom is 0.227 e. The summed E-state index contributed by atoms with van der Waals surface area (Å²) in [5, 5.41) is 0. The first-order valence-corrected chi connectivity index (χ1v) is 5.58. The van der Waals surface area contributed by atoms with E-state index in [0.717, 1.165) is 5.56 Å². The fourth-order valence-electron chi connectivity index (χ4n) is 0.846. The molecule has 0 heterocycles. The number of halogens is 1. The van der Waals surface area contributed by atoms with Crippen LogP contribution in [0.15, 0.2) is 29.2 Å². The van der Waals surface area contributed by atoms with Gasteiger partial charge in [0.1, 0.15) is 0 Å². The Morgan fingerprint density at radius 3 is 2.08 bits per heavy atom. The summed E-state index contributed by atoms with van der Waals surface area (Å²) < 4.78 is 21.8. The highest BCUT2D eigenvalue weighted by molar-refractivity contribution is 8.63. The molecule has 1 aromatic carbocycles. The van der Waals surface area contributed by atoms with E-state index in [1.807, 2.05) is 0 Å². The Kier molecular flexibility index (Phi) is 4.10. The van der Waals surface area contributed by atoms with Crippen molar-refractivity contribution in [3.63, 3.8) is 0 Å². The molecular weight excluding hydrogens is 216 g/mol. The molecule has 5 heteroatoms. The van der Waals surface area contributed by atoms with Crippen molar-refractivity contribution in [1.82, 2.24) is 0 Å². The standard InChI is InChI=1S/C7H8O2S2.ClH/c1-6-4-2-3-5-7(6)11(8,9)10;/h2-5H,1H3,(H,8,9,10);1H. The zero-order valence-electron chi connectivity index (χ0n) is 6.39. The van der Waals surface area contributed by atoms with Gasteiger partial charge in [-0.05, 0) is 30.2 Å². The van der Waals surface area contributed by atoms with E-state index in [-0.39, 0.29) is 17.3 Å². The Morgan fingerprint density at radius 1 is 1.25 bits per heavy atom.